The number of carbonyl (C=O) groups is 2. The minimum absolute atomic E-state index is 0.0785. The van der Waals surface area contributed by atoms with E-state index in [2.05, 4.69) is 5.32 Å². The summed E-state index contributed by atoms with van der Waals surface area (Å²) in [6.07, 6.45) is -3.71. The van der Waals surface area contributed by atoms with Gasteiger partial charge in [-0.1, -0.05) is 0 Å². The van der Waals surface area contributed by atoms with Gasteiger partial charge >= 0.3 is 6.18 Å². The number of nitrogens with one attached hydrogen (secondary N) is 1. The smallest absolute Gasteiger partial charge is 0.355 e. The molecule has 0 spiro atoms. The summed E-state index contributed by atoms with van der Waals surface area (Å²) in [6, 6.07) is 0. The van der Waals surface area contributed by atoms with E-state index in [1.165, 1.54) is 4.90 Å². The molecule has 18 heavy (non-hydrogen) atoms. The molecule has 0 aromatic heterocycles. The summed E-state index contributed by atoms with van der Waals surface area (Å²) in [5.41, 5.74) is 0. The fourth-order valence-electron chi connectivity index (χ4n) is 2.48. The van der Waals surface area contributed by atoms with E-state index in [-0.39, 0.29) is 37.7 Å². The Balaban J connectivity index is 1.96. The van der Waals surface area contributed by atoms with Gasteiger partial charge in [0, 0.05) is 26.1 Å². The van der Waals surface area contributed by atoms with Crippen molar-refractivity contribution in [3.8, 4) is 0 Å². The standard InChI is InChI=1S/C11H15F3N2O2/c12-11(13,14)8-2-1-3-16(6-8)10(18)7-4-9(17)15-5-7/h7-8H,1-6H2,(H,15,17). The molecule has 2 saturated heterocycles. The predicted octanol–water partition coefficient (Wildman–Crippen LogP) is 0.923. The molecular weight excluding hydrogens is 249 g/mol. The van der Waals surface area contributed by atoms with E-state index in [0.29, 0.717) is 13.0 Å². The van der Waals surface area contributed by atoms with Gasteiger partial charge in [-0.2, -0.15) is 13.2 Å². The van der Waals surface area contributed by atoms with Gasteiger partial charge in [-0.3, -0.25) is 9.59 Å². The predicted molar refractivity (Wildman–Crippen MR) is 56.5 cm³/mol. The van der Waals surface area contributed by atoms with Crippen molar-refractivity contribution in [2.24, 2.45) is 11.8 Å². The number of halogens is 3. The third kappa shape index (κ3) is 2.76. The van der Waals surface area contributed by atoms with E-state index >= 15 is 0 Å². The molecule has 2 atom stereocenters. The maximum Gasteiger partial charge on any atom is 0.393 e. The van der Waals surface area contributed by atoms with Crippen LogP contribution in [0.5, 0.6) is 0 Å². The van der Waals surface area contributed by atoms with Crippen LogP contribution >= 0.6 is 0 Å². The molecule has 0 aromatic carbocycles. The van der Waals surface area contributed by atoms with E-state index in [9.17, 15) is 22.8 Å². The second-order valence-corrected chi connectivity index (χ2v) is 4.87. The lowest BCUT2D eigenvalue weighted by Gasteiger charge is -2.34. The Morgan fingerprint density at radius 2 is 2.11 bits per heavy atom. The SMILES string of the molecule is O=C1CC(C(=O)N2CCCC(C(F)(F)F)C2)CN1. The number of rotatable bonds is 1. The summed E-state index contributed by atoms with van der Waals surface area (Å²) in [5, 5.41) is 2.52. The zero-order valence-corrected chi connectivity index (χ0v) is 9.79. The summed E-state index contributed by atoms with van der Waals surface area (Å²) in [7, 11) is 0. The van der Waals surface area contributed by atoms with Crippen molar-refractivity contribution >= 4 is 11.8 Å². The molecule has 1 N–H and O–H groups in total. The molecule has 2 heterocycles. The molecule has 2 fully saturated rings. The van der Waals surface area contributed by atoms with Crippen LogP contribution in [0.15, 0.2) is 0 Å². The highest BCUT2D eigenvalue weighted by atomic mass is 19.4. The van der Waals surface area contributed by atoms with Gasteiger partial charge in [0.15, 0.2) is 0 Å². The molecule has 102 valence electrons. The monoisotopic (exact) mass is 264 g/mol. The number of alkyl halides is 3. The van der Waals surface area contributed by atoms with Crippen molar-refractivity contribution in [1.29, 1.82) is 0 Å². The summed E-state index contributed by atoms with van der Waals surface area (Å²) in [6.45, 7) is 0.327. The number of nitrogens with zero attached hydrogens (tertiary/aromatic N) is 1. The molecule has 2 unspecified atom stereocenters. The average Bonchev–Trinajstić information content (AvgIpc) is 2.74. The van der Waals surface area contributed by atoms with Crippen LogP contribution in [0, 0.1) is 11.8 Å². The Kier molecular flexibility index (Phi) is 3.49. The normalized spacial score (nSPS) is 29.3. The zero-order valence-electron chi connectivity index (χ0n) is 9.79. The highest BCUT2D eigenvalue weighted by Gasteiger charge is 2.43. The van der Waals surface area contributed by atoms with Gasteiger partial charge in [0.25, 0.3) is 0 Å². The lowest BCUT2D eigenvalue weighted by molar-refractivity contribution is -0.188. The van der Waals surface area contributed by atoms with E-state index in [1.807, 2.05) is 0 Å². The van der Waals surface area contributed by atoms with Crippen molar-refractivity contribution in [2.45, 2.75) is 25.4 Å². The average molecular weight is 264 g/mol. The van der Waals surface area contributed by atoms with Crippen molar-refractivity contribution in [3.05, 3.63) is 0 Å². The second-order valence-electron chi connectivity index (χ2n) is 4.87. The minimum atomic E-state index is -4.25. The maximum absolute atomic E-state index is 12.6. The Labute approximate surface area is 103 Å². The Hall–Kier alpha value is -1.27. The highest BCUT2D eigenvalue weighted by molar-refractivity contribution is 5.89. The third-order valence-corrected chi connectivity index (χ3v) is 3.52. The molecule has 2 rings (SSSR count). The van der Waals surface area contributed by atoms with Crippen LogP contribution in [0.2, 0.25) is 0 Å². The number of hydrogen-bond donors (Lipinski definition) is 1. The van der Waals surface area contributed by atoms with Crippen LogP contribution in [0.3, 0.4) is 0 Å². The summed E-state index contributed by atoms with van der Waals surface area (Å²) >= 11 is 0. The van der Waals surface area contributed by atoms with Crippen LogP contribution < -0.4 is 5.32 Å². The van der Waals surface area contributed by atoms with Crippen molar-refractivity contribution < 1.29 is 22.8 Å². The van der Waals surface area contributed by atoms with E-state index in [4.69, 9.17) is 0 Å². The van der Waals surface area contributed by atoms with Gasteiger partial charge in [-0.05, 0) is 12.8 Å². The van der Waals surface area contributed by atoms with Crippen LogP contribution in [-0.2, 0) is 9.59 Å². The third-order valence-electron chi connectivity index (χ3n) is 3.52. The fraction of sp³-hybridized carbons (Fsp3) is 0.818. The quantitative estimate of drug-likeness (QED) is 0.765. The lowest BCUT2D eigenvalue weighted by Crippen LogP contribution is -2.47. The Morgan fingerprint density at radius 1 is 1.39 bits per heavy atom. The van der Waals surface area contributed by atoms with Gasteiger partial charge in [0.05, 0.1) is 11.8 Å². The number of likely N-dealkylation sites (tertiary alicyclic amines) is 1. The summed E-state index contributed by atoms with van der Waals surface area (Å²) in [5.74, 6) is -2.47. The van der Waals surface area contributed by atoms with Gasteiger partial charge in [0.2, 0.25) is 11.8 Å². The van der Waals surface area contributed by atoms with E-state index in [0.717, 1.165) is 0 Å². The zero-order chi connectivity index (χ0) is 13.3. The molecule has 2 amide bonds. The molecule has 2 aliphatic heterocycles. The first-order chi connectivity index (χ1) is 8.38. The summed E-state index contributed by atoms with van der Waals surface area (Å²) in [4.78, 5) is 24.2. The molecule has 0 radical (unpaired) electrons. The van der Waals surface area contributed by atoms with Gasteiger partial charge in [0.1, 0.15) is 0 Å². The summed E-state index contributed by atoms with van der Waals surface area (Å²) < 4.78 is 37.8. The molecule has 0 saturated carbocycles. The molecule has 7 heteroatoms. The van der Waals surface area contributed by atoms with Crippen molar-refractivity contribution in [2.75, 3.05) is 19.6 Å². The lowest BCUT2D eigenvalue weighted by atomic mass is 9.96. The van der Waals surface area contributed by atoms with Crippen LogP contribution in [0.1, 0.15) is 19.3 Å². The number of hydrogen-bond acceptors (Lipinski definition) is 2. The minimum Gasteiger partial charge on any atom is -0.355 e. The number of carbonyl (C=O) groups excluding carboxylic acids is 2. The van der Waals surface area contributed by atoms with Crippen LogP contribution in [0.25, 0.3) is 0 Å². The van der Waals surface area contributed by atoms with Gasteiger partial charge < -0.3 is 10.2 Å². The van der Waals surface area contributed by atoms with Crippen LogP contribution in [0.4, 0.5) is 13.2 Å². The molecule has 0 aromatic rings. The Morgan fingerprint density at radius 3 is 2.67 bits per heavy atom. The first kappa shape index (κ1) is 13.2. The van der Waals surface area contributed by atoms with Crippen molar-refractivity contribution in [1.82, 2.24) is 10.2 Å². The maximum atomic E-state index is 12.6. The molecule has 2 aliphatic rings. The number of piperidine rings is 1. The van der Waals surface area contributed by atoms with E-state index < -0.39 is 18.0 Å². The highest BCUT2D eigenvalue weighted by Crippen LogP contribution is 2.33. The topological polar surface area (TPSA) is 49.4 Å². The first-order valence-electron chi connectivity index (χ1n) is 6.00. The van der Waals surface area contributed by atoms with Gasteiger partial charge in [-0.25, -0.2) is 0 Å². The first-order valence-corrected chi connectivity index (χ1v) is 6.00. The van der Waals surface area contributed by atoms with E-state index in [1.54, 1.807) is 0 Å². The van der Waals surface area contributed by atoms with Crippen molar-refractivity contribution in [3.63, 3.8) is 0 Å². The number of amides is 2. The molecule has 4 nitrogen and oxygen atoms in total. The molecule has 0 bridgehead atoms. The molecular formula is C11H15F3N2O2. The fourth-order valence-corrected chi connectivity index (χ4v) is 2.48. The van der Waals surface area contributed by atoms with Crippen LogP contribution in [-0.4, -0.2) is 42.5 Å². The second kappa shape index (κ2) is 4.78. The Bertz CT molecular complexity index is 357. The molecule has 0 aliphatic carbocycles. The van der Waals surface area contributed by atoms with Gasteiger partial charge in [-0.15, -0.1) is 0 Å². The largest absolute Gasteiger partial charge is 0.393 e.